The van der Waals surface area contributed by atoms with Gasteiger partial charge in [-0.3, -0.25) is 0 Å². The van der Waals surface area contributed by atoms with Gasteiger partial charge in [-0.25, -0.2) is 4.79 Å². The number of carboxylic acid groups (broad SMARTS) is 1. The van der Waals surface area contributed by atoms with Crippen LogP contribution in [0.4, 0.5) is 10.5 Å². The van der Waals surface area contributed by atoms with E-state index >= 15 is 0 Å². The average Bonchev–Trinajstić information content (AvgIpc) is 2.74. The molecule has 0 unspecified atom stereocenters. The topological polar surface area (TPSA) is 43.8 Å². The van der Waals surface area contributed by atoms with Gasteiger partial charge in [0.15, 0.2) is 0 Å². The van der Waals surface area contributed by atoms with Gasteiger partial charge in [-0.1, -0.05) is 15.9 Å². The van der Waals surface area contributed by atoms with Crippen LogP contribution in [0.1, 0.15) is 17.9 Å². The van der Waals surface area contributed by atoms with Crippen molar-refractivity contribution < 1.29 is 9.90 Å². The summed E-state index contributed by atoms with van der Waals surface area (Å²) < 4.78 is 1.11. The van der Waals surface area contributed by atoms with E-state index in [1.54, 1.807) is 4.90 Å². The van der Waals surface area contributed by atoms with Gasteiger partial charge in [-0.15, -0.1) is 11.8 Å². The Kier molecular flexibility index (Phi) is 2.93. The van der Waals surface area contributed by atoms with Crippen LogP contribution in [0.25, 0.3) is 0 Å². The van der Waals surface area contributed by atoms with Crippen LogP contribution in [0.15, 0.2) is 21.5 Å². The molecule has 3 aliphatic heterocycles. The Morgan fingerprint density at radius 2 is 2.25 bits per heavy atom. The third-order valence-electron chi connectivity index (χ3n) is 4.59. The van der Waals surface area contributed by atoms with E-state index in [1.165, 1.54) is 16.1 Å². The van der Waals surface area contributed by atoms with E-state index in [4.69, 9.17) is 0 Å². The molecular weight excluding hydrogens is 340 g/mol. The highest BCUT2D eigenvalue weighted by molar-refractivity contribution is 9.10. The zero-order valence-corrected chi connectivity index (χ0v) is 13.3. The molecular formula is C14H15BrN2O2S. The molecule has 106 valence electrons. The Morgan fingerprint density at radius 3 is 3.05 bits per heavy atom. The summed E-state index contributed by atoms with van der Waals surface area (Å²) in [6.45, 7) is 2.37. The van der Waals surface area contributed by atoms with Crippen molar-refractivity contribution in [2.45, 2.75) is 23.3 Å². The summed E-state index contributed by atoms with van der Waals surface area (Å²) in [5.74, 6) is 1.44. The van der Waals surface area contributed by atoms with Gasteiger partial charge in [0.1, 0.15) is 0 Å². The molecule has 0 saturated carbocycles. The molecule has 1 fully saturated rings. The molecule has 3 aliphatic rings. The monoisotopic (exact) mass is 354 g/mol. The molecule has 0 aromatic heterocycles. The highest BCUT2D eigenvalue weighted by Crippen LogP contribution is 2.51. The first-order chi connectivity index (χ1) is 9.65. The van der Waals surface area contributed by atoms with Crippen LogP contribution in [-0.2, 0) is 0 Å². The summed E-state index contributed by atoms with van der Waals surface area (Å²) in [4.78, 5) is 16.7. The number of hydrogen-bond acceptors (Lipinski definition) is 3. The van der Waals surface area contributed by atoms with Crippen LogP contribution in [0.5, 0.6) is 0 Å². The minimum Gasteiger partial charge on any atom is -0.465 e. The molecule has 2 atom stereocenters. The highest BCUT2D eigenvalue weighted by Gasteiger charge is 2.45. The lowest BCUT2D eigenvalue weighted by Gasteiger charge is -2.38. The molecule has 0 radical (unpaired) electrons. The number of carbonyl (C=O) groups is 1. The fourth-order valence-corrected chi connectivity index (χ4v) is 5.50. The molecule has 3 heterocycles. The normalized spacial score (nSPS) is 27.2. The number of rotatable bonds is 0. The first kappa shape index (κ1) is 12.8. The summed E-state index contributed by atoms with van der Waals surface area (Å²) >= 11 is 5.51. The van der Waals surface area contributed by atoms with Gasteiger partial charge in [0.2, 0.25) is 0 Å². The molecule has 20 heavy (non-hydrogen) atoms. The molecule has 1 aromatic rings. The second-order valence-electron chi connectivity index (χ2n) is 5.57. The van der Waals surface area contributed by atoms with Gasteiger partial charge in [-0.2, -0.15) is 0 Å². The molecule has 1 N–H and O–H groups in total. The number of amides is 1. The van der Waals surface area contributed by atoms with E-state index in [1.807, 2.05) is 11.8 Å². The van der Waals surface area contributed by atoms with E-state index in [0.717, 1.165) is 23.2 Å². The van der Waals surface area contributed by atoms with E-state index in [0.29, 0.717) is 25.0 Å². The van der Waals surface area contributed by atoms with Gasteiger partial charge in [0.25, 0.3) is 0 Å². The van der Waals surface area contributed by atoms with E-state index in [9.17, 15) is 9.90 Å². The summed E-state index contributed by atoms with van der Waals surface area (Å²) in [7, 11) is 0. The Morgan fingerprint density at radius 1 is 1.40 bits per heavy atom. The molecule has 6 heteroatoms. The number of likely N-dealkylation sites (tertiary alicyclic amines) is 1. The minimum absolute atomic E-state index is 0.324. The summed E-state index contributed by atoms with van der Waals surface area (Å²) in [5.41, 5.74) is 2.70. The molecule has 0 bridgehead atoms. The Labute approximate surface area is 130 Å². The quantitative estimate of drug-likeness (QED) is 0.776. The number of fused-ring (bicyclic) bond motifs is 3. The smallest absolute Gasteiger partial charge is 0.407 e. The summed E-state index contributed by atoms with van der Waals surface area (Å²) in [6, 6.07) is 4.87. The van der Waals surface area contributed by atoms with Crippen molar-refractivity contribution in [1.29, 1.82) is 0 Å². The van der Waals surface area contributed by atoms with E-state index in [-0.39, 0.29) is 0 Å². The maximum atomic E-state index is 11.3. The van der Waals surface area contributed by atoms with Gasteiger partial charge >= 0.3 is 6.09 Å². The maximum Gasteiger partial charge on any atom is 0.407 e. The first-order valence-electron chi connectivity index (χ1n) is 6.86. The lowest BCUT2D eigenvalue weighted by atomic mass is 9.89. The lowest BCUT2D eigenvalue weighted by Crippen LogP contribution is -2.48. The van der Waals surface area contributed by atoms with Gasteiger partial charge in [0, 0.05) is 46.7 Å². The number of halogens is 1. The molecule has 4 rings (SSSR count). The third kappa shape index (κ3) is 1.77. The van der Waals surface area contributed by atoms with Crippen molar-refractivity contribution in [3.63, 3.8) is 0 Å². The van der Waals surface area contributed by atoms with E-state index in [2.05, 4.69) is 33.0 Å². The number of nitrogens with zero attached hydrogens (tertiary/aromatic N) is 2. The largest absolute Gasteiger partial charge is 0.465 e. The van der Waals surface area contributed by atoms with Crippen molar-refractivity contribution in [3.8, 4) is 0 Å². The molecule has 0 spiro atoms. The third-order valence-corrected chi connectivity index (χ3v) is 6.06. The van der Waals surface area contributed by atoms with Crippen LogP contribution in [0.3, 0.4) is 0 Å². The standard InChI is InChI=1S/C14H15BrN2O2S/c15-8-5-9-10-7-16(14(18)19)2-1-11(10)17-3-4-20-12(6-8)13(9)17/h5-6,10-11H,1-4,7H2,(H,18,19)/t10-,11-/m0/s1. The van der Waals surface area contributed by atoms with Crippen molar-refractivity contribution in [1.82, 2.24) is 4.90 Å². The lowest BCUT2D eigenvalue weighted by molar-refractivity contribution is 0.127. The molecule has 4 nitrogen and oxygen atoms in total. The van der Waals surface area contributed by atoms with Gasteiger partial charge in [0.05, 0.1) is 5.69 Å². The van der Waals surface area contributed by atoms with Crippen molar-refractivity contribution in [2.24, 2.45) is 0 Å². The molecule has 1 saturated heterocycles. The zero-order chi connectivity index (χ0) is 13.9. The van der Waals surface area contributed by atoms with Crippen molar-refractivity contribution in [2.75, 3.05) is 30.3 Å². The molecule has 0 aliphatic carbocycles. The van der Waals surface area contributed by atoms with Crippen LogP contribution in [0, 0.1) is 0 Å². The number of thioether (sulfide) groups is 1. The highest BCUT2D eigenvalue weighted by atomic mass is 79.9. The van der Waals surface area contributed by atoms with Crippen LogP contribution in [-0.4, -0.2) is 47.5 Å². The van der Waals surface area contributed by atoms with Gasteiger partial charge < -0.3 is 14.9 Å². The molecule has 1 amide bonds. The Balaban J connectivity index is 1.79. The Hall–Kier alpha value is -0.880. The predicted molar refractivity (Wildman–Crippen MR) is 83.0 cm³/mol. The SMILES string of the molecule is O=C(O)N1CC[C@H]2[C@@H](C1)c1cc(Br)cc3c1N2CCS3. The summed E-state index contributed by atoms with van der Waals surface area (Å²) in [6.07, 6.45) is 0.149. The van der Waals surface area contributed by atoms with Crippen LogP contribution < -0.4 is 4.90 Å². The van der Waals surface area contributed by atoms with Crippen LogP contribution >= 0.6 is 27.7 Å². The first-order valence-corrected chi connectivity index (χ1v) is 8.64. The second kappa shape index (κ2) is 4.56. The average molecular weight is 355 g/mol. The number of anilines is 1. The van der Waals surface area contributed by atoms with Crippen molar-refractivity contribution >= 4 is 39.5 Å². The number of hydrogen-bond donors (Lipinski definition) is 1. The Bertz CT molecular complexity index is 595. The molecule has 1 aromatic carbocycles. The summed E-state index contributed by atoms with van der Waals surface area (Å²) in [5, 5.41) is 9.25. The number of benzene rings is 1. The van der Waals surface area contributed by atoms with Gasteiger partial charge in [-0.05, 0) is 24.1 Å². The second-order valence-corrected chi connectivity index (χ2v) is 7.63. The minimum atomic E-state index is -0.789. The van der Waals surface area contributed by atoms with E-state index < -0.39 is 6.09 Å². The fourth-order valence-electron chi connectivity index (χ4n) is 3.78. The van der Waals surface area contributed by atoms with Crippen LogP contribution in [0.2, 0.25) is 0 Å². The zero-order valence-electron chi connectivity index (χ0n) is 10.9. The fraction of sp³-hybridized carbons (Fsp3) is 0.500. The predicted octanol–water partition coefficient (Wildman–Crippen LogP) is 3.21. The number of piperidine rings is 1. The van der Waals surface area contributed by atoms with Crippen molar-refractivity contribution in [3.05, 3.63) is 22.2 Å². The maximum absolute atomic E-state index is 11.3.